The largest absolute Gasteiger partial charge is 0.467 e. The van der Waals surface area contributed by atoms with Crippen molar-refractivity contribution in [2.24, 2.45) is 17.8 Å². The van der Waals surface area contributed by atoms with Gasteiger partial charge in [-0.2, -0.15) is 0 Å². The van der Waals surface area contributed by atoms with Crippen LogP contribution in [-0.2, 0) is 33.3 Å². The molecule has 0 N–H and O–H groups in total. The van der Waals surface area contributed by atoms with Gasteiger partial charge in [-0.3, -0.25) is 14.4 Å². The van der Waals surface area contributed by atoms with E-state index >= 15 is 4.39 Å². The highest BCUT2D eigenvalue weighted by molar-refractivity contribution is 5.73. The maximum absolute atomic E-state index is 16.4. The molecule has 4 atom stereocenters. The lowest BCUT2D eigenvalue weighted by Gasteiger charge is -2.28. The van der Waals surface area contributed by atoms with Crippen LogP contribution < -0.4 is 4.74 Å². The summed E-state index contributed by atoms with van der Waals surface area (Å²) < 4.78 is 44.7. The van der Waals surface area contributed by atoms with Gasteiger partial charge >= 0.3 is 23.9 Å². The van der Waals surface area contributed by atoms with Crippen molar-refractivity contribution in [3.05, 3.63) is 24.9 Å². The number of carbonyl (C=O) groups excluding carboxylic acids is 3. The molecule has 38 heavy (non-hydrogen) atoms. The van der Waals surface area contributed by atoms with Gasteiger partial charge in [-0.05, 0) is 0 Å². The van der Waals surface area contributed by atoms with Crippen LogP contribution in [0.25, 0.3) is 11.3 Å². The molecule has 0 radical (unpaired) electrons. The van der Waals surface area contributed by atoms with Gasteiger partial charge in [-0.15, -0.1) is 0 Å². The summed E-state index contributed by atoms with van der Waals surface area (Å²) in [6.45, 7) is 8.64. The van der Waals surface area contributed by atoms with Crippen LogP contribution in [0.5, 0.6) is 6.01 Å². The summed E-state index contributed by atoms with van der Waals surface area (Å²) in [6, 6.07) is 0.168. The van der Waals surface area contributed by atoms with Crippen LogP contribution in [0.4, 0.5) is 4.39 Å². The molecule has 0 amide bonds. The van der Waals surface area contributed by atoms with Crippen molar-refractivity contribution in [3.8, 4) is 17.3 Å². The second-order valence-electron chi connectivity index (χ2n) is 9.79. The topological polar surface area (TPSA) is 141 Å². The lowest BCUT2D eigenvalue weighted by Crippen LogP contribution is -2.48. The lowest BCUT2D eigenvalue weighted by molar-refractivity contribution is -0.226. The molecule has 3 rings (SSSR count). The average molecular weight is 537 g/mol. The zero-order valence-corrected chi connectivity index (χ0v) is 22.4. The molecule has 12 nitrogen and oxygen atoms in total. The summed E-state index contributed by atoms with van der Waals surface area (Å²) in [6.07, 6.45) is 1.35. The first-order valence-corrected chi connectivity index (χ1v) is 12.2. The van der Waals surface area contributed by atoms with E-state index in [9.17, 15) is 14.4 Å². The molecule has 0 saturated carbocycles. The molecule has 0 aromatic carbocycles. The normalized spacial score (nSPS) is 23.1. The van der Waals surface area contributed by atoms with Crippen LogP contribution in [0.15, 0.2) is 24.9 Å². The SMILES string of the molecule is COc1ncc(-c2cn([C@@H]3O[C@](F)(COC(=O)C(C)C)C(OC(=O)C(C)C)[C@@H]3OC(=O)C(C)C)cn2)cn1. The molecular formula is C25H33FN4O8. The Morgan fingerprint density at radius 1 is 0.974 bits per heavy atom. The highest BCUT2D eigenvalue weighted by Gasteiger charge is 2.62. The number of nitrogens with zero attached hydrogens (tertiary/aromatic N) is 4. The van der Waals surface area contributed by atoms with Gasteiger partial charge in [0.1, 0.15) is 0 Å². The Morgan fingerprint density at radius 3 is 2.11 bits per heavy atom. The van der Waals surface area contributed by atoms with Gasteiger partial charge in [0.15, 0.2) is 18.9 Å². The van der Waals surface area contributed by atoms with E-state index in [1.165, 1.54) is 36.6 Å². The minimum Gasteiger partial charge on any atom is -0.467 e. The number of aromatic nitrogens is 4. The predicted octanol–water partition coefficient (Wildman–Crippen LogP) is 2.88. The van der Waals surface area contributed by atoms with E-state index in [0.29, 0.717) is 11.3 Å². The first-order chi connectivity index (χ1) is 17.9. The summed E-state index contributed by atoms with van der Waals surface area (Å²) in [5, 5.41) is 0. The Bertz CT molecular complexity index is 1140. The van der Waals surface area contributed by atoms with Gasteiger partial charge in [0.05, 0.1) is 36.9 Å². The summed E-state index contributed by atoms with van der Waals surface area (Å²) in [5.41, 5.74) is 0.932. The third-order valence-corrected chi connectivity index (χ3v) is 5.64. The molecule has 1 fully saturated rings. The average Bonchev–Trinajstić information content (AvgIpc) is 3.46. The molecule has 0 bridgehead atoms. The number of hydrogen-bond acceptors (Lipinski definition) is 11. The van der Waals surface area contributed by atoms with Crippen molar-refractivity contribution in [2.45, 2.75) is 65.8 Å². The zero-order valence-electron chi connectivity index (χ0n) is 22.4. The quantitative estimate of drug-likeness (QED) is 0.327. The number of ether oxygens (including phenoxy) is 5. The van der Waals surface area contributed by atoms with E-state index in [2.05, 4.69) is 15.0 Å². The van der Waals surface area contributed by atoms with E-state index in [0.717, 1.165) is 0 Å². The fraction of sp³-hybridized carbons (Fsp3) is 0.600. The van der Waals surface area contributed by atoms with Crippen LogP contribution >= 0.6 is 0 Å². The number of esters is 3. The van der Waals surface area contributed by atoms with Crippen molar-refractivity contribution < 1.29 is 42.5 Å². The number of halogens is 1. The highest BCUT2D eigenvalue weighted by Crippen LogP contribution is 2.43. The maximum Gasteiger partial charge on any atom is 0.316 e. The van der Waals surface area contributed by atoms with Gasteiger partial charge in [0.2, 0.25) is 6.10 Å². The van der Waals surface area contributed by atoms with Crippen LogP contribution in [0.1, 0.15) is 47.8 Å². The number of carbonyl (C=O) groups is 3. The van der Waals surface area contributed by atoms with Crippen molar-refractivity contribution in [1.29, 1.82) is 0 Å². The van der Waals surface area contributed by atoms with Crippen molar-refractivity contribution in [3.63, 3.8) is 0 Å². The zero-order chi connectivity index (χ0) is 28.2. The molecule has 0 spiro atoms. The Hall–Kier alpha value is -3.61. The minimum atomic E-state index is -2.82. The predicted molar refractivity (Wildman–Crippen MR) is 129 cm³/mol. The Balaban J connectivity index is 2.00. The smallest absolute Gasteiger partial charge is 0.316 e. The van der Waals surface area contributed by atoms with E-state index in [-0.39, 0.29) is 6.01 Å². The molecule has 208 valence electrons. The molecular weight excluding hydrogens is 503 g/mol. The Kier molecular flexibility index (Phi) is 9.02. The Labute approximate surface area is 219 Å². The van der Waals surface area contributed by atoms with E-state index < -0.39 is 66.6 Å². The second kappa shape index (κ2) is 11.8. The van der Waals surface area contributed by atoms with Gasteiger partial charge in [0, 0.05) is 24.2 Å². The van der Waals surface area contributed by atoms with E-state index in [1.807, 2.05) is 0 Å². The molecule has 3 heterocycles. The maximum atomic E-state index is 16.4. The summed E-state index contributed by atoms with van der Waals surface area (Å²) in [4.78, 5) is 49.7. The van der Waals surface area contributed by atoms with Crippen molar-refractivity contribution in [2.75, 3.05) is 13.7 Å². The van der Waals surface area contributed by atoms with Gasteiger partial charge in [-0.1, -0.05) is 41.5 Å². The molecule has 1 aliphatic rings. The number of hydrogen-bond donors (Lipinski definition) is 0. The molecule has 1 saturated heterocycles. The first-order valence-electron chi connectivity index (χ1n) is 12.2. The fourth-order valence-corrected chi connectivity index (χ4v) is 3.40. The Morgan fingerprint density at radius 2 is 1.55 bits per heavy atom. The molecule has 13 heteroatoms. The fourth-order valence-electron chi connectivity index (χ4n) is 3.40. The van der Waals surface area contributed by atoms with Crippen molar-refractivity contribution >= 4 is 17.9 Å². The van der Waals surface area contributed by atoms with Crippen LogP contribution in [0.2, 0.25) is 0 Å². The number of methoxy groups -OCH3 is 1. The molecule has 1 unspecified atom stereocenters. The van der Waals surface area contributed by atoms with E-state index in [1.54, 1.807) is 41.5 Å². The first kappa shape index (κ1) is 29.0. The molecule has 1 aliphatic heterocycles. The van der Waals surface area contributed by atoms with Crippen LogP contribution in [0, 0.1) is 17.8 Å². The minimum absolute atomic E-state index is 0.168. The third-order valence-electron chi connectivity index (χ3n) is 5.64. The molecule has 0 aliphatic carbocycles. The standard InChI is InChI=1S/C25H33FN4O8/c1-13(2)21(31)35-11-25(26)19(37-23(33)15(5)6)18(36-22(32)14(3)4)20(38-25)30-10-17(29-12-30)16-8-27-24(34-7)28-9-16/h8-10,12-15,18-20H,11H2,1-7H3/t18-,19?,20+,25+/m0/s1. The highest BCUT2D eigenvalue weighted by atomic mass is 19.2. The van der Waals surface area contributed by atoms with E-state index in [4.69, 9.17) is 23.7 Å². The lowest BCUT2D eigenvalue weighted by atomic mass is 10.1. The summed E-state index contributed by atoms with van der Waals surface area (Å²) in [5.74, 6) is -6.64. The second-order valence-corrected chi connectivity index (χ2v) is 9.79. The van der Waals surface area contributed by atoms with Crippen molar-refractivity contribution in [1.82, 2.24) is 19.5 Å². The summed E-state index contributed by atoms with van der Waals surface area (Å²) >= 11 is 0. The third kappa shape index (κ3) is 6.44. The van der Waals surface area contributed by atoms with Crippen LogP contribution in [0.3, 0.4) is 0 Å². The van der Waals surface area contributed by atoms with Gasteiger partial charge in [-0.25, -0.2) is 19.3 Å². The monoisotopic (exact) mass is 536 g/mol. The number of imidazole rings is 1. The van der Waals surface area contributed by atoms with Gasteiger partial charge in [0.25, 0.3) is 5.85 Å². The summed E-state index contributed by atoms with van der Waals surface area (Å²) in [7, 11) is 1.43. The number of alkyl halides is 1. The van der Waals surface area contributed by atoms with Gasteiger partial charge < -0.3 is 28.3 Å². The molecule has 2 aromatic heterocycles. The molecule has 2 aromatic rings. The van der Waals surface area contributed by atoms with Crippen LogP contribution in [-0.4, -0.2) is 69.2 Å². The number of rotatable bonds is 10.